The lowest BCUT2D eigenvalue weighted by molar-refractivity contribution is 0.953. The summed E-state index contributed by atoms with van der Waals surface area (Å²) >= 11 is 0. The van der Waals surface area contributed by atoms with Crippen molar-refractivity contribution in [3.8, 4) is 0 Å². The molecule has 0 bridgehead atoms. The Labute approximate surface area is 64.6 Å². The minimum absolute atomic E-state index is 1.20. The number of hydrogen-bond donors (Lipinski definition) is 0. The molecule has 0 saturated heterocycles. The van der Waals surface area contributed by atoms with Crippen LogP contribution in [0.1, 0.15) is 39.5 Å². The van der Waals surface area contributed by atoms with Crippen molar-refractivity contribution in [3.63, 3.8) is 0 Å². The van der Waals surface area contributed by atoms with E-state index in [1.54, 1.807) is 0 Å². The van der Waals surface area contributed by atoms with E-state index < -0.39 is 0 Å². The summed E-state index contributed by atoms with van der Waals surface area (Å²) in [6.45, 7) is 4.39. The SMILES string of the molecule is CCCC=C/C=C/CCC. The van der Waals surface area contributed by atoms with Crippen LogP contribution in [-0.4, -0.2) is 0 Å². The number of unbranched alkanes of at least 4 members (excludes halogenated alkanes) is 2. The smallest absolute Gasteiger partial charge is 0.0350 e. The first-order valence-corrected chi connectivity index (χ1v) is 4.23. The van der Waals surface area contributed by atoms with E-state index in [-0.39, 0.29) is 0 Å². The molecule has 0 aromatic heterocycles. The van der Waals surface area contributed by atoms with Gasteiger partial charge in [-0.3, -0.25) is 0 Å². The highest BCUT2D eigenvalue weighted by Gasteiger charge is 1.70. The zero-order chi connectivity index (χ0) is 7.66. The lowest BCUT2D eigenvalue weighted by Gasteiger charge is -1.81. The maximum absolute atomic E-state index is 2.21. The molecule has 0 spiro atoms. The fourth-order valence-corrected chi connectivity index (χ4v) is 0.683. The first-order chi connectivity index (χ1) is 4.91. The first-order valence-electron chi connectivity index (χ1n) is 4.23. The third-order valence-corrected chi connectivity index (χ3v) is 1.29. The van der Waals surface area contributed by atoms with Crippen molar-refractivity contribution >= 4 is 0 Å². The van der Waals surface area contributed by atoms with E-state index in [2.05, 4.69) is 38.2 Å². The van der Waals surface area contributed by atoms with Crippen molar-refractivity contribution in [2.45, 2.75) is 39.5 Å². The molecule has 0 aliphatic carbocycles. The van der Waals surface area contributed by atoms with E-state index in [1.807, 2.05) is 0 Å². The summed E-state index contributed by atoms with van der Waals surface area (Å²) < 4.78 is 0. The van der Waals surface area contributed by atoms with Gasteiger partial charge in [0, 0.05) is 0 Å². The highest BCUT2D eigenvalue weighted by Crippen LogP contribution is 1.91. The van der Waals surface area contributed by atoms with Crippen molar-refractivity contribution < 1.29 is 0 Å². The van der Waals surface area contributed by atoms with E-state index >= 15 is 0 Å². The number of hydrogen-bond acceptors (Lipinski definition) is 0. The molecule has 0 radical (unpaired) electrons. The van der Waals surface area contributed by atoms with Gasteiger partial charge in [-0.1, -0.05) is 51.0 Å². The molecule has 0 aliphatic rings. The molecular weight excluding hydrogens is 120 g/mol. The Kier molecular flexibility index (Phi) is 8.04. The maximum atomic E-state index is 2.21. The third kappa shape index (κ3) is 7.48. The van der Waals surface area contributed by atoms with Gasteiger partial charge in [0.1, 0.15) is 0 Å². The summed E-state index contributed by atoms with van der Waals surface area (Å²) in [5.74, 6) is 0. The summed E-state index contributed by atoms with van der Waals surface area (Å²) in [5.41, 5.74) is 0. The molecule has 0 atom stereocenters. The van der Waals surface area contributed by atoms with Gasteiger partial charge in [-0.05, 0) is 12.8 Å². The highest BCUT2D eigenvalue weighted by atomic mass is 13.8. The topological polar surface area (TPSA) is 0 Å². The Bertz CT molecular complexity index is 84.6. The molecule has 0 amide bonds. The van der Waals surface area contributed by atoms with Crippen LogP contribution in [0.5, 0.6) is 0 Å². The lowest BCUT2D eigenvalue weighted by atomic mass is 10.3. The molecule has 0 aliphatic heterocycles. The minimum atomic E-state index is 1.20. The highest BCUT2D eigenvalue weighted by molar-refractivity contribution is 5.01. The van der Waals surface area contributed by atoms with Gasteiger partial charge in [0.2, 0.25) is 0 Å². The molecule has 0 aromatic carbocycles. The molecule has 0 heterocycles. The number of allylic oxidation sites excluding steroid dienone is 4. The summed E-state index contributed by atoms with van der Waals surface area (Å²) in [6, 6.07) is 0. The summed E-state index contributed by atoms with van der Waals surface area (Å²) in [5, 5.41) is 0. The zero-order valence-corrected chi connectivity index (χ0v) is 7.14. The predicted molar refractivity (Wildman–Crippen MR) is 48.1 cm³/mol. The van der Waals surface area contributed by atoms with Gasteiger partial charge in [0.25, 0.3) is 0 Å². The molecule has 0 fully saturated rings. The summed E-state index contributed by atoms with van der Waals surface area (Å²) in [7, 11) is 0. The third-order valence-electron chi connectivity index (χ3n) is 1.29. The van der Waals surface area contributed by atoms with Gasteiger partial charge in [-0.2, -0.15) is 0 Å². The summed E-state index contributed by atoms with van der Waals surface area (Å²) in [6.07, 6.45) is 13.6. The van der Waals surface area contributed by atoms with Gasteiger partial charge in [0.15, 0.2) is 0 Å². The first kappa shape index (κ1) is 9.48. The second kappa shape index (κ2) is 8.48. The molecule has 0 nitrogen and oxygen atoms in total. The molecule has 0 rings (SSSR count). The Morgan fingerprint density at radius 2 is 1.20 bits per heavy atom. The van der Waals surface area contributed by atoms with Crippen molar-refractivity contribution in [3.05, 3.63) is 24.3 Å². The van der Waals surface area contributed by atoms with Crippen LogP contribution in [0.15, 0.2) is 24.3 Å². The van der Waals surface area contributed by atoms with Crippen LogP contribution in [0.3, 0.4) is 0 Å². The van der Waals surface area contributed by atoms with Crippen molar-refractivity contribution in [1.29, 1.82) is 0 Å². The van der Waals surface area contributed by atoms with Crippen LogP contribution in [0.25, 0.3) is 0 Å². The standard InChI is InChI=1S/C10H18/c1-3-5-7-9-10-8-6-4-2/h7-10H,3-6H2,1-2H3/b9-7+,10-8?. The van der Waals surface area contributed by atoms with E-state index in [0.717, 1.165) is 0 Å². The van der Waals surface area contributed by atoms with E-state index in [0.29, 0.717) is 0 Å². The Balaban J connectivity index is 3.15. The fraction of sp³-hybridized carbons (Fsp3) is 0.600. The van der Waals surface area contributed by atoms with Crippen LogP contribution < -0.4 is 0 Å². The largest absolute Gasteiger partial charge is 0.0846 e. The molecular formula is C10H18. The van der Waals surface area contributed by atoms with E-state index in [9.17, 15) is 0 Å². The van der Waals surface area contributed by atoms with Crippen LogP contribution in [0, 0.1) is 0 Å². The molecule has 58 valence electrons. The second-order valence-corrected chi connectivity index (χ2v) is 2.43. The van der Waals surface area contributed by atoms with Gasteiger partial charge < -0.3 is 0 Å². The van der Waals surface area contributed by atoms with Gasteiger partial charge in [0.05, 0.1) is 0 Å². The lowest BCUT2D eigenvalue weighted by Crippen LogP contribution is -1.61. The number of rotatable bonds is 5. The van der Waals surface area contributed by atoms with Crippen molar-refractivity contribution in [1.82, 2.24) is 0 Å². The summed E-state index contributed by atoms with van der Waals surface area (Å²) in [4.78, 5) is 0. The maximum Gasteiger partial charge on any atom is -0.0350 e. The fourth-order valence-electron chi connectivity index (χ4n) is 0.683. The predicted octanol–water partition coefficient (Wildman–Crippen LogP) is 3.70. The van der Waals surface area contributed by atoms with Crippen molar-refractivity contribution in [2.75, 3.05) is 0 Å². The molecule has 0 unspecified atom stereocenters. The minimum Gasteiger partial charge on any atom is -0.0846 e. The molecule has 0 saturated carbocycles. The monoisotopic (exact) mass is 138 g/mol. The molecule has 0 N–H and O–H groups in total. The molecule has 0 aromatic rings. The zero-order valence-electron chi connectivity index (χ0n) is 7.14. The normalized spacial score (nSPS) is 11.8. The molecule has 0 heteroatoms. The van der Waals surface area contributed by atoms with Gasteiger partial charge >= 0.3 is 0 Å². The average molecular weight is 138 g/mol. The van der Waals surface area contributed by atoms with Crippen molar-refractivity contribution in [2.24, 2.45) is 0 Å². The van der Waals surface area contributed by atoms with Crippen LogP contribution >= 0.6 is 0 Å². The van der Waals surface area contributed by atoms with Crippen LogP contribution in [0.2, 0.25) is 0 Å². The van der Waals surface area contributed by atoms with E-state index in [1.165, 1.54) is 25.7 Å². The Morgan fingerprint density at radius 1 is 0.800 bits per heavy atom. The van der Waals surface area contributed by atoms with Crippen LogP contribution in [-0.2, 0) is 0 Å². The molecule has 10 heavy (non-hydrogen) atoms. The second-order valence-electron chi connectivity index (χ2n) is 2.43. The van der Waals surface area contributed by atoms with Gasteiger partial charge in [-0.25, -0.2) is 0 Å². The van der Waals surface area contributed by atoms with Crippen LogP contribution in [0.4, 0.5) is 0 Å². The quantitative estimate of drug-likeness (QED) is 0.508. The van der Waals surface area contributed by atoms with E-state index in [4.69, 9.17) is 0 Å². The van der Waals surface area contributed by atoms with Gasteiger partial charge in [-0.15, -0.1) is 0 Å². The Morgan fingerprint density at radius 3 is 1.50 bits per heavy atom. The Hall–Kier alpha value is -0.520. The average Bonchev–Trinajstić information content (AvgIpc) is 1.97.